The van der Waals surface area contributed by atoms with Crippen molar-refractivity contribution in [1.82, 2.24) is 9.97 Å². The summed E-state index contributed by atoms with van der Waals surface area (Å²) in [4.78, 5) is 8.57. The quantitative estimate of drug-likeness (QED) is 0.788. The summed E-state index contributed by atoms with van der Waals surface area (Å²) in [5.41, 5.74) is 7.37. The predicted octanol–water partition coefficient (Wildman–Crippen LogP) is 1.80. The smallest absolute Gasteiger partial charge is 0.137 e. The minimum atomic E-state index is -0.0636. The van der Waals surface area contributed by atoms with E-state index in [1.165, 1.54) is 0 Å². The van der Waals surface area contributed by atoms with Gasteiger partial charge in [-0.25, -0.2) is 9.97 Å². The summed E-state index contributed by atoms with van der Waals surface area (Å²) in [6, 6.07) is 5.65. The molecule has 1 aliphatic heterocycles. The van der Waals surface area contributed by atoms with E-state index in [1.807, 2.05) is 18.2 Å². The summed E-state index contributed by atoms with van der Waals surface area (Å²) in [6.07, 6.45) is 2.54. The SMILES string of the molecule is CC1(Nc2ncnc3ccc(N)cc23)CCOC1. The molecular weight excluding hydrogens is 228 g/mol. The largest absolute Gasteiger partial charge is 0.399 e. The minimum absolute atomic E-state index is 0.0636. The lowest BCUT2D eigenvalue weighted by atomic mass is 10.0. The molecule has 0 saturated carbocycles. The highest BCUT2D eigenvalue weighted by molar-refractivity contribution is 5.91. The molecule has 18 heavy (non-hydrogen) atoms. The van der Waals surface area contributed by atoms with Crippen molar-refractivity contribution < 1.29 is 4.74 Å². The van der Waals surface area contributed by atoms with Gasteiger partial charge in [-0.1, -0.05) is 0 Å². The molecule has 94 valence electrons. The van der Waals surface area contributed by atoms with E-state index in [4.69, 9.17) is 10.5 Å². The van der Waals surface area contributed by atoms with E-state index in [-0.39, 0.29) is 5.54 Å². The number of hydrogen-bond acceptors (Lipinski definition) is 5. The van der Waals surface area contributed by atoms with Crippen LogP contribution in [0.1, 0.15) is 13.3 Å². The summed E-state index contributed by atoms with van der Waals surface area (Å²) < 4.78 is 5.44. The highest BCUT2D eigenvalue weighted by Crippen LogP contribution is 2.27. The molecule has 2 aromatic rings. The van der Waals surface area contributed by atoms with Crippen molar-refractivity contribution in [3.63, 3.8) is 0 Å². The number of nitrogens with one attached hydrogen (secondary N) is 1. The van der Waals surface area contributed by atoms with E-state index in [9.17, 15) is 0 Å². The zero-order valence-corrected chi connectivity index (χ0v) is 10.3. The topological polar surface area (TPSA) is 73.1 Å². The highest BCUT2D eigenvalue weighted by Gasteiger charge is 2.30. The monoisotopic (exact) mass is 244 g/mol. The number of benzene rings is 1. The van der Waals surface area contributed by atoms with Crippen LogP contribution in [0, 0.1) is 0 Å². The molecule has 0 aliphatic carbocycles. The van der Waals surface area contributed by atoms with Gasteiger partial charge in [0.1, 0.15) is 12.1 Å². The Morgan fingerprint density at radius 3 is 3.06 bits per heavy atom. The fourth-order valence-corrected chi connectivity index (χ4v) is 2.23. The van der Waals surface area contributed by atoms with Crippen LogP contribution in [0.15, 0.2) is 24.5 Å². The molecule has 1 saturated heterocycles. The maximum Gasteiger partial charge on any atom is 0.137 e. The fraction of sp³-hybridized carbons (Fsp3) is 0.385. The fourth-order valence-electron chi connectivity index (χ4n) is 2.23. The molecule has 5 nitrogen and oxygen atoms in total. The van der Waals surface area contributed by atoms with Gasteiger partial charge in [0.05, 0.1) is 17.7 Å². The first-order chi connectivity index (χ1) is 8.66. The van der Waals surface area contributed by atoms with E-state index in [2.05, 4.69) is 22.2 Å². The summed E-state index contributed by atoms with van der Waals surface area (Å²) in [5, 5.41) is 4.41. The Kier molecular flexibility index (Phi) is 2.56. The minimum Gasteiger partial charge on any atom is -0.399 e. The second kappa shape index (κ2) is 4.10. The molecule has 3 N–H and O–H groups in total. The number of hydrogen-bond donors (Lipinski definition) is 2. The molecule has 3 rings (SSSR count). The molecule has 1 aromatic heterocycles. The lowest BCUT2D eigenvalue weighted by Gasteiger charge is -2.24. The Morgan fingerprint density at radius 1 is 1.39 bits per heavy atom. The lowest BCUT2D eigenvalue weighted by molar-refractivity contribution is 0.185. The number of anilines is 2. The van der Waals surface area contributed by atoms with Crippen LogP contribution in [-0.4, -0.2) is 28.7 Å². The number of nitrogen functional groups attached to an aromatic ring is 1. The van der Waals surface area contributed by atoms with Crippen molar-refractivity contribution in [3.05, 3.63) is 24.5 Å². The zero-order valence-electron chi connectivity index (χ0n) is 10.3. The van der Waals surface area contributed by atoms with Crippen LogP contribution in [0.25, 0.3) is 10.9 Å². The molecule has 5 heteroatoms. The molecular formula is C13H16N4O. The van der Waals surface area contributed by atoms with E-state index < -0.39 is 0 Å². The Labute approximate surface area is 105 Å². The van der Waals surface area contributed by atoms with Gasteiger partial charge >= 0.3 is 0 Å². The molecule has 0 amide bonds. The summed E-state index contributed by atoms with van der Waals surface area (Å²) in [5.74, 6) is 0.820. The molecule has 0 bridgehead atoms. The van der Waals surface area contributed by atoms with Gasteiger partial charge in [0.2, 0.25) is 0 Å². The second-order valence-corrected chi connectivity index (χ2v) is 4.99. The first-order valence-electron chi connectivity index (χ1n) is 6.02. The summed E-state index contributed by atoms with van der Waals surface area (Å²) >= 11 is 0. The van der Waals surface area contributed by atoms with Crippen LogP contribution in [-0.2, 0) is 4.74 Å². The van der Waals surface area contributed by atoms with Gasteiger partial charge in [0.25, 0.3) is 0 Å². The molecule has 1 aromatic carbocycles. The van der Waals surface area contributed by atoms with E-state index in [0.717, 1.165) is 29.7 Å². The highest BCUT2D eigenvalue weighted by atomic mass is 16.5. The van der Waals surface area contributed by atoms with Crippen LogP contribution in [0.3, 0.4) is 0 Å². The van der Waals surface area contributed by atoms with Crippen molar-refractivity contribution in [2.75, 3.05) is 24.3 Å². The van der Waals surface area contributed by atoms with E-state index in [1.54, 1.807) is 6.33 Å². The Balaban J connectivity index is 2.03. The molecule has 0 spiro atoms. The first kappa shape index (κ1) is 11.2. The van der Waals surface area contributed by atoms with Crippen LogP contribution in [0.2, 0.25) is 0 Å². The van der Waals surface area contributed by atoms with Crippen LogP contribution < -0.4 is 11.1 Å². The average molecular weight is 244 g/mol. The van der Waals surface area contributed by atoms with Gasteiger partial charge in [-0.15, -0.1) is 0 Å². The number of rotatable bonds is 2. The van der Waals surface area contributed by atoms with Gasteiger partial charge < -0.3 is 15.8 Å². The van der Waals surface area contributed by atoms with Crippen molar-refractivity contribution in [1.29, 1.82) is 0 Å². The van der Waals surface area contributed by atoms with Crippen molar-refractivity contribution in [2.45, 2.75) is 18.9 Å². The normalized spacial score (nSPS) is 23.4. The third-order valence-corrected chi connectivity index (χ3v) is 3.30. The van der Waals surface area contributed by atoms with Crippen molar-refractivity contribution in [3.8, 4) is 0 Å². The number of fused-ring (bicyclic) bond motifs is 1. The second-order valence-electron chi connectivity index (χ2n) is 4.99. The third kappa shape index (κ3) is 1.97. The Bertz CT molecular complexity index is 578. The van der Waals surface area contributed by atoms with Crippen LogP contribution >= 0.6 is 0 Å². The Hall–Kier alpha value is -1.88. The average Bonchev–Trinajstić information content (AvgIpc) is 2.77. The van der Waals surface area contributed by atoms with Crippen molar-refractivity contribution in [2.24, 2.45) is 0 Å². The van der Waals surface area contributed by atoms with Gasteiger partial charge in [0.15, 0.2) is 0 Å². The van der Waals surface area contributed by atoms with E-state index >= 15 is 0 Å². The molecule has 1 aliphatic rings. The molecule has 1 unspecified atom stereocenters. The number of nitrogens with zero attached hydrogens (tertiary/aromatic N) is 2. The summed E-state index contributed by atoms with van der Waals surface area (Å²) in [6.45, 7) is 3.62. The number of aromatic nitrogens is 2. The van der Waals surface area contributed by atoms with Gasteiger partial charge in [0, 0.05) is 17.7 Å². The molecule has 1 atom stereocenters. The van der Waals surface area contributed by atoms with Crippen molar-refractivity contribution >= 4 is 22.4 Å². The van der Waals surface area contributed by atoms with Gasteiger partial charge in [-0.05, 0) is 31.5 Å². The first-order valence-corrected chi connectivity index (χ1v) is 6.02. The number of ether oxygens (including phenoxy) is 1. The maximum absolute atomic E-state index is 5.83. The standard InChI is InChI=1S/C13H16N4O/c1-13(4-5-18-7-13)17-12-10-6-9(14)2-3-11(10)15-8-16-12/h2-3,6,8H,4-5,7,14H2,1H3,(H,15,16,17). The van der Waals surface area contributed by atoms with Gasteiger partial charge in [-0.2, -0.15) is 0 Å². The maximum atomic E-state index is 5.83. The Morgan fingerprint density at radius 2 is 2.28 bits per heavy atom. The van der Waals surface area contributed by atoms with Crippen LogP contribution in [0.4, 0.5) is 11.5 Å². The van der Waals surface area contributed by atoms with E-state index in [0.29, 0.717) is 12.3 Å². The van der Waals surface area contributed by atoms with Gasteiger partial charge in [-0.3, -0.25) is 0 Å². The van der Waals surface area contributed by atoms with Crippen LogP contribution in [0.5, 0.6) is 0 Å². The molecule has 1 fully saturated rings. The lowest BCUT2D eigenvalue weighted by Crippen LogP contribution is -2.35. The third-order valence-electron chi connectivity index (χ3n) is 3.30. The predicted molar refractivity (Wildman–Crippen MR) is 71.4 cm³/mol. The molecule has 0 radical (unpaired) electrons. The number of nitrogens with two attached hydrogens (primary N) is 1. The zero-order chi connectivity index (χ0) is 12.6. The molecule has 2 heterocycles. The summed E-state index contributed by atoms with van der Waals surface area (Å²) in [7, 11) is 0.